The van der Waals surface area contributed by atoms with Gasteiger partial charge in [-0.15, -0.1) is 0 Å². The molecule has 0 aliphatic heterocycles. The Kier molecular flexibility index (Phi) is 5.81. The van der Waals surface area contributed by atoms with E-state index in [1.165, 1.54) is 6.08 Å². The van der Waals surface area contributed by atoms with Crippen molar-refractivity contribution in [2.75, 3.05) is 11.9 Å². The van der Waals surface area contributed by atoms with Crippen molar-refractivity contribution in [3.05, 3.63) is 47.0 Å². The van der Waals surface area contributed by atoms with Crippen LogP contribution in [0.15, 0.2) is 41.4 Å². The molecule has 19 heavy (non-hydrogen) atoms. The van der Waals surface area contributed by atoms with E-state index in [0.717, 1.165) is 11.6 Å². The second-order valence-electron chi connectivity index (χ2n) is 3.62. The Morgan fingerprint density at radius 3 is 2.47 bits per heavy atom. The van der Waals surface area contributed by atoms with E-state index < -0.39 is 5.97 Å². The van der Waals surface area contributed by atoms with Crippen LogP contribution in [0.4, 0.5) is 10.5 Å². The van der Waals surface area contributed by atoms with Crippen molar-refractivity contribution in [3.63, 3.8) is 0 Å². The Morgan fingerprint density at radius 2 is 1.95 bits per heavy atom. The summed E-state index contributed by atoms with van der Waals surface area (Å²) in [5.74, 6) is -1.00. The van der Waals surface area contributed by atoms with Crippen molar-refractivity contribution in [2.24, 2.45) is 0 Å². The lowest BCUT2D eigenvalue weighted by atomic mass is 10.2. The standard InChI is InChI=1S/C13H13BrN2O3/c1-9(14)8-15-13(19)16-11-5-2-10(3-6-11)4-7-12(17)18/h2-7H,1,8H2,(H,17,18)(H2,15,16,19)/b7-4+. The fourth-order valence-electron chi connectivity index (χ4n) is 1.20. The Morgan fingerprint density at radius 1 is 1.32 bits per heavy atom. The molecule has 100 valence electrons. The Hall–Kier alpha value is -2.08. The zero-order valence-corrected chi connectivity index (χ0v) is 11.6. The van der Waals surface area contributed by atoms with Crippen molar-refractivity contribution in [1.29, 1.82) is 0 Å². The molecule has 0 heterocycles. The summed E-state index contributed by atoms with van der Waals surface area (Å²) in [6.07, 6.45) is 2.53. The molecule has 0 saturated carbocycles. The van der Waals surface area contributed by atoms with Gasteiger partial charge in [0.2, 0.25) is 0 Å². The van der Waals surface area contributed by atoms with Crippen LogP contribution in [-0.4, -0.2) is 23.7 Å². The minimum absolute atomic E-state index is 0.338. The molecular formula is C13H13BrN2O3. The second-order valence-corrected chi connectivity index (χ2v) is 4.74. The maximum absolute atomic E-state index is 11.4. The van der Waals surface area contributed by atoms with Crippen LogP contribution in [0.5, 0.6) is 0 Å². The third-order valence-corrected chi connectivity index (χ3v) is 2.31. The number of hydrogen-bond acceptors (Lipinski definition) is 2. The normalized spacial score (nSPS) is 10.2. The van der Waals surface area contributed by atoms with Gasteiger partial charge in [0.25, 0.3) is 0 Å². The molecule has 0 bridgehead atoms. The number of anilines is 1. The first-order valence-electron chi connectivity index (χ1n) is 5.36. The number of carbonyl (C=O) groups is 2. The topological polar surface area (TPSA) is 78.4 Å². The van der Waals surface area contributed by atoms with Gasteiger partial charge in [-0.2, -0.15) is 0 Å². The molecule has 0 fully saturated rings. The number of hydrogen-bond donors (Lipinski definition) is 3. The fraction of sp³-hybridized carbons (Fsp3) is 0.0769. The number of benzene rings is 1. The summed E-state index contributed by atoms with van der Waals surface area (Å²) < 4.78 is 0.678. The van der Waals surface area contributed by atoms with Gasteiger partial charge in [0.15, 0.2) is 0 Å². The van der Waals surface area contributed by atoms with Gasteiger partial charge < -0.3 is 15.7 Å². The van der Waals surface area contributed by atoms with Crippen molar-refractivity contribution >= 4 is 39.7 Å². The third-order valence-electron chi connectivity index (χ3n) is 2.03. The van der Waals surface area contributed by atoms with Crippen LogP contribution in [0.3, 0.4) is 0 Å². The molecule has 0 saturated heterocycles. The molecule has 0 unspecified atom stereocenters. The summed E-state index contributed by atoms with van der Waals surface area (Å²) in [6.45, 7) is 3.94. The van der Waals surface area contributed by atoms with E-state index in [-0.39, 0.29) is 6.03 Å². The van der Waals surface area contributed by atoms with Crippen molar-refractivity contribution in [3.8, 4) is 0 Å². The van der Waals surface area contributed by atoms with E-state index >= 15 is 0 Å². The molecule has 1 aromatic carbocycles. The minimum atomic E-state index is -1.00. The predicted molar refractivity (Wildman–Crippen MR) is 78.2 cm³/mol. The van der Waals surface area contributed by atoms with Gasteiger partial charge in [0.05, 0.1) is 6.54 Å². The Bertz CT molecular complexity index is 509. The Labute approximate surface area is 119 Å². The molecule has 0 aliphatic carbocycles. The third kappa shape index (κ3) is 6.42. The molecule has 0 atom stereocenters. The molecule has 0 aromatic heterocycles. The first-order valence-corrected chi connectivity index (χ1v) is 6.16. The van der Waals surface area contributed by atoms with E-state index in [9.17, 15) is 9.59 Å². The highest BCUT2D eigenvalue weighted by Crippen LogP contribution is 2.10. The first kappa shape index (κ1) is 15.0. The number of carbonyl (C=O) groups excluding carboxylic acids is 1. The van der Waals surface area contributed by atoms with E-state index in [1.807, 2.05) is 0 Å². The van der Waals surface area contributed by atoms with Crippen LogP contribution in [0.1, 0.15) is 5.56 Å². The second kappa shape index (κ2) is 7.38. The SMILES string of the molecule is C=C(Br)CNC(=O)Nc1ccc(/C=C/C(=O)O)cc1. The molecule has 3 N–H and O–H groups in total. The van der Waals surface area contributed by atoms with E-state index in [0.29, 0.717) is 16.7 Å². The van der Waals surface area contributed by atoms with Crippen LogP contribution in [0, 0.1) is 0 Å². The fourth-order valence-corrected chi connectivity index (χ4v) is 1.34. The molecule has 6 heteroatoms. The molecule has 1 aromatic rings. The predicted octanol–water partition coefficient (Wildman–Crippen LogP) is 2.81. The molecular weight excluding hydrogens is 312 g/mol. The molecule has 0 aliphatic rings. The van der Waals surface area contributed by atoms with Crippen LogP contribution in [-0.2, 0) is 4.79 Å². The summed E-state index contributed by atoms with van der Waals surface area (Å²) in [5.41, 5.74) is 1.35. The van der Waals surface area contributed by atoms with Gasteiger partial charge in [-0.25, -0.2) is 9.59 Å². The molecule has 0 spiro atoms. The maximum atomic E-state index is 11.4. The monoisotopic (exact) mass is 324 g/mol. The van der Waals surface area contributed by atoms with Crippen LogP contribution in [0.2, 0.25) is 0 Å². The quantitative estimate of drug-likeness (QED) is 0.729. The lowest BCUT2D eigenvalue weighted by Crippen LogP contribution is -2.29. The number of nitrogens with one attached hydrogen (secondary N) is 2. The van der Waals surface area contributed by atoms with Crippen LogP contribution >= 0.6 is 15.9 Å². The number of carboxylic acid groups (broad SMARTS) is 1. The lowest BCUT2D eigenvalue weighted by molar-refractivity contribution is -0.131. The van der Waals surface area contributed by atoms with Crippen molar-refractivity contribution in [1.82, 2.24) is 5.32 Å². The van der Waals surface area contributed by atoms with Crippen LogP contribution < -0.4 is 10.6 Å². The van der Waals surface area contributed by atoms with Crippen molar-refractivity contribution < 1.29 is 14.7 Å². The first-order chi connectivity index (χ1) is 8.97. The number of amides is 2. The average molecular weight is 325 g/mol. The number of urea groups is 1. The number of rotatable bonds is 5. The highest BCUT2D eigenvalue weighted by atomic mass is 79.9. The van der Waals surface area contributed by atoms with Gasteiger partial charge in [0.1, 0.15) is 0 Å². The zero-order chi connectivity index (χ0) is 14.3. The number of aliphatic carboxylic acids is 1. The molecule has 5 nitrogen and oxygen atoms in total. The van der Waals surface area contributed by atoms with Gasteiger partial charge >= 0.3 is 12.0 Å². The summed E-state index contributed by atoms with van der Waals surface area (Å²) in [6, 6.07) is 6.44. The van der Waals surface area contributed by atoms with Gasteiger partial charge in [0, 0.05) is 16.2 Å². The largest absolute Gasteiger partial charge is 0.478 e. The Balaban J connectivity index is 2.54. The summed E-state index contributed by atoms with van der Waals surface area (Å²) >= 11 is 3.13. The van der Waals surface area contributed by atoms with E-state index in [1.54, 1.807) is 24.3 Å². The van der Waals surface area contributed by atoms with E-state index in [2.05, 4.69) is 33.1 Å². The van der Waals surface area contributed by atoms with Crippen LogP contribution in [0.25, 0.3) is 6.08 Å². The highest BCUT2D eigenvalue weighted by Gasteiger charge is 2.00. The lowest BCUT2D eigenvalue weighted by Gasteiger charge is -2.07. The minimum Gasteiger partial charge on any atom is -0.478 e. The molecule has 0 radical (unpaired) electrons. The summed E-state index contributed by atoms with van der Waals surface area (Å²) in [4.78, 5) is 21.8. The summed E-state index contributed by atoms with van der Waals surface area (Å²) in [5, 5.41) is 13.7. The van der Waals surface area contributed by atoms with Gasteiger partial charge in [-0.05, 0) is 23.8 Å². The number of halogens is 1. The number of carboxylic acids is 1. The van der Waals surface area contributed by atoms with Gasteiger partial charge in [-0.1, -0.05) is 34.6 Å². The highest BCUT2D eigenvalue weighted by molar-refractivity contribution is 9.11. The van der Waals surface area contributed by atoms with E-state index in [4.69, 9.17) is 5.11 Å². The molecule has 1 rings (SSSR count). The average Bonchev–Trinajstić information content (AvgIpc) is 2.35. The smallest absolute Gasteiger partial charge is 0.328 e. The molecule has 2 amide bonds. The zero-order valence-electron chi connectivity index (χ0n) is 10.0. The summed E-state index contributed by atoms with van der Waals surface area (Å²) in [7, 11) is 0. The van der Waals surface area contributed by atoms with Gasteiger partial charge in [-0.3, -0.25) is 0 Å². The maximum Gasteiger partial charge on any atom is 0.328 e. The van der Waals surface area contributed by atoms with Crippen molar-refractivity contribution in [2.45, 2.75) is 0 Å².